The molecule has 0 atom stereocenters. The number of primary amides is 1. The average Bonchev–Trinajstić information content (AvgIpc) is 2.34. The summed E-state index contributed by atoms with van der Waals surface area (Å²) >= 11 is 3.12. The molecule has 0 aromatic carbocycles. The van der Waals surface area contributed by atoms with E-state index in [9.17, 15) is 4.79 Å². The number of nitrogens with two attached hydrogens (primary N) is 1. The highest BCUT2D eigenvalue weighted by Gasteiger charge is 2.07. The zero-order valence-electron chi connectivity index (χ0n) is 5.37. The highest BCUT2D eigenvalue weighted by Crippen LogP contribution is 2.21. The molecular weight excluding hydrogens is 168 g/mol. The van der Waals surface area contributed by atoms with Gasteiger partial charge in [-0.2, -0.15) is 0 Å². The zero-order valence-corrected chi connectivity index (χ0v) is 7.00. The van der Waals surface area contributed by atoms with Gasteiger partial charge in [0, 0.05) is 5.75 Å². The Balaban J connectivity index is 2.19. The molecule has 0 radical (unpaired) electrons. The van der Waals surface area contributed by atoms with Gasteiger partial charge in [0.05, 0.1) is 12.3 Å². The lowest BCUT2D eigenvalue weighted by Gasteiger charge is -1.93. The van der Waals surface area contributed by atoms with Gasteiger partial charge in [0.15, 0.2) is 0 Å². The third-order valence-electron chi connectivity index (χ3n) is 0.896. The molecule has 5 heteroatoms. The normalized spacial score (nSPS) is 17.0. The van der Waals surface area contributed by atoms with Crippen LogP contribution in [0, 0.1) is 0 Å². The van der Waals surface area contributed by atoms with Gasteiger partial charge in [0.1, 0.15) is 4.38 Å². The maximum Gasteiger partial charge on any atom is 0.227 e. The van der Waals surface area contributed by atoms with Crippen LogP contribution in [-0.4, -0.2) is 28.3 Å². The van der Waals surface area contributed by atoms with Gasteiger partial charge in [-0.15, -0.1) is 0 Å². The molecular formula is C5H8N2OS2. The lowest BCUT2D eigenvalue weighted by molar-refractivity contribution is -0.115. The van der Waals surface area contributed by atoms with Crippen LogP contribution in [0.25, 0.3) is 0 Å². The molecule has 0 unspecified atom stereocenters. The average molecular weight is 176 g/mol. The molecule has 0 saturated carbocycles. The molecule has 0 bridgehead atoms. The van der Waals surface area contributed by atoms with Gasteiger partial charge in [-0.05, 0) is 0 Å². The summed E-state index contributed by atoms with van der Waals surface area (Å²) in [6, 6.07) is 0. The van der Waals surface area contributed by atoms with Crippen molar-refractivity contribution in [2.45, 2.75) is 0 Å². The van der Waals surface area contributed by atoms with Crippen molar-refractivity contribution in [3.05, 3.63) is 0 Å². The Morgan fingerprint density at radius 1 is 1.90 bits per heavy atom. The number of thioether (sulfide) groups is 2. The second-order valence-corrected chi connectivity index (χ2v) is 4.06. The van der Waals surface area contributed by atoms with Crippen LogP contribution in [0.3, 0.4) is 0 Å². The smallest absolute Gasteiger partial charge is 0.227 e. The Hall–Kier alpha value is -0.160. The standard InChI is InChI=1S/C5H8N2OS2/c6-4(8)3-10-5-7-1-2-9-5/h1-3H2,(H2,6,8). The number of carbonyl (C=O) groups excluding carboxylic acids is 1. The summed E-state index contributed by atoms with van der Waals surface area (Å²) in [5.74, 6) is 1.12. The van der Waals surface area contributed by atoms with Crippen molar-refractivity contribution in [1.29, 1.82) is 0 Å². The van der Waals surface area contributed by atoms with E-state index >= 15 is 0 Å². The maximum absolute atomic E-state index is 10.3. The number of hydrogen-bond donors (Lipinski definition) is 1. The van der Waals surface area contributed by atoms with E-state index in [4.69, 9.17) is 5.73 Å². The van der Waals surface area contributed by atoms with E-state index in [1.807, 2.05) is 0 Å². The lowest BCUT2D eigenvalue weighted by Crippen LogP contribution is -2.13. The van der Waals surface area contributed by atoms with Crippen molar-refractivity contribution >= 4 is 33.8 Å². The van der Waals surface area contributed by atoms with Crippen LogP contribution in [-0.2, 0) is 4.79 Å². The summed E-state index contributed by atoms with van der Waals surface area (Å²) in [5, 5.41) is 0. The first kappa shape index (κ1) is 7.94. The molecule has 0 saturated heterocycles. The molecule has 0 fully saturated rings. The Kier molecular flexibility index (Phi) is 3.08. The second-order valence-electron chi connectivity index (χ2n) is 1.75. The molecule has 2 N–H and O–H groups in total. The van der Waals surface area contributed by atoms with E-state index in [0.717, 1.165) is 16.7 Å². The number of aliphatic imine (C=N–C) groups is 1. The minimum absolute atomic E-state index is 0.278. The molecule has 0 spiro atoms. The van der Waals surface area contributed by atoms with Gasteiger partial charge >= 0.3 is 0 Å². The first-order chi connectivity index (χ1) is 4.79. The molecule has 1 heterocycles. The zero-order chi connectivity index (χ0) is 7.40. The number of hydrogen-bond acceptors (Lipinski definition) is 4. The van der Waals surface area contributed by atoms with Gasteiger partial charge in [0.25, 0.3) is 0 Å². The third-order valence-corrected chi connectivity index (χ3v) is 3.17. The topological polar surface area (TPSA) is 55.5 Å². The Morgan fingerprint density at radius 3 is 3.20 bits per heavy atom. The van der Waals surface area contributed by atoms with Gasteiger partial charge < -0.3 is 5.73 Å². The van der Waals surface area contributed by atoms with E-state index < -0.39 is 0 Å². The molecule has 0 aromatic heterocycles. The van der Waals surface area contributed by atoms with Crippen LogP contribution < -0.4 is 5.73 Å². The largest absolute Gasteiger partial charge is 0.369 e. The van der Waals surface area contributed by atoms with Crippen molar-refractivity contribution < 1.29 is 4.79 Å². The molecule has 1 aliphatic rings. The number of carbonyl (C=O) groups is 1. The third kappa shape index (κ3) is 2.62. The Bertz CT molecular complexity index is 169. The maximum atomic E-state index is 10.3. The van der Waals surface area contributed by atoms with E-state index in [-0.39, 0.29) is 5.91 Å². The molecule has 0 aliphatic carbocycles. The summed E-state index contributed by atoms with van der Waals surface area (Å²) in [6.45, 7) is 0.881. The molecule has 10 heavy (non-hydrogen) atoms. The Labute approximate surface area is 67.8 Å². The van der Waals surface area contributed by atoms with E-state index in [1.165, 1.54) is 11.8 Å². The fourth-order valence-corrected chi connectivity index (χ4v) is 2.28. The molecule has 1 rings (SSSR count). The van der Waals surface area contributed by atoms with Crippen LogP contribution in [0.4, 0.5) is 0 Å². The number of amides is 1. The minimum Gasteiger partial charge on any atom is -0.369 e. The van der Waals surface area contributed by atoms with Crippen LogP contribution in [0.1, 0.15) is 0 Å². The minimum atomic E-state index is -0.278. The fraction of sp³-hybridized carbons (Fsp3) is 0.600. The summed E-state index contributed by atoms with van der Waals surface area (Å²) in [4.78, 5) is 14.4. The van der Waals surface area contributed by atoms with E-state index in [1.54, 1.807) is 11.8 Å². The molecule has 56 valence electrons. The van der Waals surface area contributed by atoms with Gasteiger partial charge in [0.2, 0.25) is 5.91 Å². The van der Waals surface area contributed by atoms with Gasteiger partial charge in [-0.1, -0.05) is 23.5 Å². The molecule has 1 amide bonds. The van der Waals surface area contributed by atoms with Crippen LogP contribution >= 0.6 is 23.5 Å². The van der Waals surface area contributed by atoms with Crippen LogP contribution in [0.2, 0.25) is 0 Å². The predicted octanol–water partition coefficient (Wildman–Crippen LogP) is 0.308. The van der Waals surface area contributed by atoms with Crippen molar-refractivity contribution in [2.24, 2.45) is 10.7 Å². The second kappa shape index (κ2) is 3.88. The summed E-state index contributed by atoms with van der Waals surface area (Å²) in [7, 11) is 0. The monoisotopic (exact) mass is 176 g/mol. The first-order valence-corrected chi connectivity index (χ1v) is 4.84. The lowest BCUT2D eigenvalue weighted by atomic mass is 10.8. The molecule has 3 nitrogen and oxygen atoms in total. The van der Waals surface area contributed by atoms with Crippen molar-refractivity contribution in [2.75, 3.05) is 18.1 Å². The summed E-state index contributed by atoms with van der Waals surface area (Å²) in [6.07, 6.45) is 0. The van der Waals surface area contributed by atoms with Crippen molar-refractivity contribution in [1.82, 2.24) is 0 Å². The first-order valence-electron chi connectivity index (χ1n) is 2.87. The fourth-order valence-electron chi connectivity index (χ4n) is 0.536. The predicted molar refractivity (Wildman–Crippen MR) is 46.4 cm³/mol. The Morgan fingerprint density at radius 2 is 2.70 bits per heavy atom. The van der Waals surface area contributed by atoms with Crippen molar-refractivity contribution in [3.8, 4) is 0 Å². The summed E-state index contributed by atoms with van der Waals surface area (Å²) in [5.41, 5.74) is 4.95. The van der Waals surface area contributed by atoms with E-state index in [2.05, 4.69) is 4.99 Å². The molecule has 1 aliphatic heterocycles. The van der Waals surface area contributed by atoms with Crippen LogP contribution in [0.15, 0.2) is 4.99 Å². The van der Waals surface area contributed by atoms with Crippen molar-refractivity contribution in [3.63, 3.8) is 0 Å². The number of rotatable bonds is 2. The number of nitrogens with zero attached hydrogens (tertiary/aromatic N) is 1. The molecule has 0 aromatic rings. The van der Waals surface area contributed by atoms with Crippen LogP contribution in [0.5, 0.6) is 0 Å². The quantitative estimate of drug-likeness (QED) is 0.658. The van der Waals surface area contributed by atoms with E-state index in [0.29, 0.717) is 5.75 Å². The van der Waals surface area contributed by atoms with Gasteiger partial charge in [-0.25, -0.2) is 0 Å². The highest BCUT2D eigenvalue weighted by atomic mass is 32.2. The van der Waals surface area contributed by atoms with Gasteiger partial charge in [-0.3, -0.25) is 9.79 Å². The highest BCUT2D eigenvalue weighted by molar-refractivity contribution is 8.39. The summed E-state index contributed by atoms with van der Waals surface area (Å²) < 4.78 is 0.999. The SMILES string of the molecule is NC(=O)CSC1=NCCS1.